The molecule has 1 aromatic carbocycles. The topological polar surface area (TPSA) is 55.1 Å². The van der Waals surface area contributed by atoms with Crippen molar-refractivity contribution in [2.45, 2.75) is 20.3 Å². The first-order valence-electron chi connectivity index (χ1n) is 6.14. The maximum atomic E-state index is 12.0. The zero-order chi connectivity index (χ0) is 14.7. The van der Waals surface area contributed by atoms with Gasteiger partial charge in [0.15, 0.2) is 0 Å². The number of rotatable bonds is 4. The Hall–Kier alpha value is -1.52. The average molecular weight is 313 g/mol. The lowest BCUT2D eigenvalue weighted by molar-refractivity contribution is 0.0954. The third-order valence-electron chi connectivity index (χ3n) is 3.02. The average Bonchev–Trinajstić information content (AvgIpc) is 2.73. The van der Waals surface area contributed by atoms with E-state index in [2.05, 4.69) is 10.5 Å². The number of benzene rings is 1. The number of carbonyl (C=O) groups is 1. The van der Waals surface area contributed by atoms with Crippen molar-refractivity contribution in [3.05, 3.63) is 50.8 Å². The molecule has 0 aliphatic heterocycles. The predicted molar refractivity (Wildman–Crippen MR) is 78.5 cm³/mol. The van der Waals surface area contributed by atoms with E-state index in [1.54, 1.807) is 18.2 Å². The second-order valence-electron chi connectivity index (χ2n) is 4.44. The molecule has 1 heterocycles. The van der Waals surface area contributed by atoms with Crippen LogP contribution in [0.15, 0.2) is 22.7 Å². The summed E-state index contributed by atoms with van der Waals surface area (Å²) in [6, 6.07) is 4.79. The maximum Gasteiger partial charge on any atom is 0.251 e. The molecule has 0 saturated carbocycles. The fraction of sp³-hybridized carbons (Fsp3) is 0.286. The lowest BCUT2D eigenvalue weighted by atomic mass is 10.1. The Kier molecular flexibility index (Phi) is 4.68. The molecule has 0 fully saturated rings. The molecule has 0 unspecified atom stereocenters. The summed E-state index contributed by atoms with van der Waals surface area (Å²) >= 11 is 11.7. The highest BCUT2D eigenvalue weighted by atomic mass is 35.5. The van der Waals surface area contributed by atoms with E-state index in [9.17, 15) is 4.79 Å². The van der Waals surface area contributed by atoms with Gasteiger partial charge in [-0.15, -0.1) is 0 Å². The second kappa shape index (κ2) is 6.29. The Bertz CT molecular complexity index is 619. The van der Waals surface area contributed by atoms with Gasteiger partial charge >= 0.3 is 0 Å². The van der Waals surface area contributed by atoms with Gasteiger partial charge in [0.2, 0.25) is 0 Å². The number of hydrogen-bond acceptors (Lipinski definition) is 3. The van der Waals surface area contributed by atoms with Crippen LogP contribution in [0.25, 0.3) is 0 Å². The summed E-state index contributed by atoms with van der Waals surface area (Å²) in [6.45, 7) is 4.24. The molecule has 6 heteroatoms. The molecule has 0 atom stereocenters. The number of nitrogens with one attached hydrogen (secondary N) is 1. The lowest BCUT2D eigenvalue weighted by Crippen LogP contribution is -2.25. The lowest BCUT2D eigenvalue weighted by Gasteiger charge is -2.06. The first kappa shape index (κ1) is 14.9. The van der Waals surface area contributed by atoms with E-state index in [0.29, 0.717) is 28.6 Å². The Morgan fingerprint density at radius 1 is 1.30 bits per heavy atom. The Labute approximate surface area is 127 Å². The molecule has 0 radical (unpaired) electrons. The van der Waals surface area contributed by atoms with Crippen LogP contribution in [-0.4, -0.2) is 17.6 Å². The van der Waals surface area contributed by atoms with Crippen LogP contribution in [0.3, 0.4) is 0 Å². The number of carbonyl (C=O) groups excluding carboxylic acids is 1. The van der Waals surface area contributed by atoms with Gasteiger partial charge < -0.3 is 9.84 Å². The summed E-state index contributed by atoms with van der Waals surface area (Å²) in [5, 5.41) is 7.50. The van der Waals surface area contributed by atoms with Crippen LogP contribution < -0.4 is 5.32 Å². The van der Waals surface area contributed by atoms with Gasteiger partial charge in [-0.3, -0.25) is 4.79 Å². The zero-order valence-electron chi connectivity index (χ0n) is 11.2. The Balaban J connectivity index is 1.94. The predicted octanol–water partition coefficient (Wildman–Crippen LogP) is 3.57. The maximum absolute atomic E-state index is 12.0. The van der Waals surface area contributed by atoms with Gasteiger partial charge in [-0.2, -0.15) is 0 Å². The largest absolute Gasteiger partial charge is 0.361 e. The summed E-state index contributed by atoms with van der Waals surface area (Å²) < 4.78 is 5.07. The smallest absolute Gasteiger partial charge is 0.251 e. The number of hydrogen-bond donors (Lipinski definition) is 1. The Morgan fingerprint density at radius 2 is 2.05 bits per heavy atom. The molecule has 0 bridgehead atoms. The summed E-state index contributed by atoms with van der Waals surface area (Å²) in [4.78, 5) is 12.0. The Morgan fingerprint density at radius 3 is 2.65 bits per heavy atom. The minimum atomic E-state index is -0.185. The highest BCUT2D eigenvalue weighted by Gasteiger charge is 2.11. The molecular formula is C14H14Cl2N2O2. The minimum Gasteiger partial charge on any atom is -0.361 e. The van der Waals surface area contributed by atoms with Gasteiger partial charge in [0.25, 0.3) is 5.91 Å². The molecule has 0 aliphatic rings. The van der Waals surface area contributed by atoms with Gasteiger partial charge in [0.05, 0.1) is 15.7 Å². The minimum absolute atomic E-state index is 0.185. The van der Waals surface area contributed by atoms with E-state index in [1.807, 2.05) is 13.8 Å². The van der Waals surface area contributed by atoms with Crippen molar-refractivity contribution in [1.29, 1.82) is 0 Å². The third-order valence-corrected chi connectivity index (χ3v) is 3.76. The highest BCUT2D eigenvalue weighted by Crippen LogP contribution is 2.22. The van der Waals surface area contributed by atoms with Gasteiger partial charge in [-0.25, -0.2) is 0 Å². The van der Waals surface area contributed by atoms with Crippen molar-refractivity contribution in [3.8, 4) is 0 Å². The molecule has 1 N–H and O–H groups in total. The molecule has 20 heavy (non-hydrogen) atoms. The number of aromatic nitrogens is 1. The van der Waals surface area contributed by atoms with E-state index in [0.717, 1.165) is 17.0 Å². The van der Waals surface area contributed by atoms with Gasteiger partial charge in [-0.05, 0) is 38.5 Å². The van der Waals surface area contributed by atoms with Crippen molar-refractivity contribution in [2.75, 3.05) is 6.54 Å². The van der Waals surface area contributed by atoms with Crippen LogP contribution in [-0.2, 0) is 6.42 Å². The molecule has 0 saturated heterocycles. The number of aryl methyl sites for hydroxylation is 2. The molecule has 2 rings (SSSR count). The van der Waals surface area contributed by atoms with Crippen molar-refractivity contribution < 1.29 is 9.32 Å². The van der Waals surface area contributed by atoms with Crippen molar-refractivity contribution in [2.24, 2.45) is 0 Å². The van der Waals surface area contributed by atoms with E-state index in [-0.39, 0.29) is 5.91 Å². The molecule has 1 amide bonds. The van der Waals surface area contributed by atoms with Gasteiger partial charge in [-0.1, -0.05) is 28.4 Å². The van der Waals surface area contributed by atoms with E-state index >= 15 is 0 Å². The van der Waals surface area contributed by atoms with Crippen molar-refractivity contribution in [1.82, 2.24) is 10.5 Å². The van der Waals surface area contributed by atoms with Crippen LogP contribution >= 0.6 is 23.2 Å². The monoisotopic (exact) mass is 312 g/mol. The first-order chi connectivity index (χ1) is 9.49. The molecule has 0 aliphatic carbocycles. The molecule has 1 aromatic heterocycles. The second-order valence-corrected chi connectivity index (χ2v) is 5.25. The van der Waals surface area contributed by atoms with E-state index < -0.39 is 0 Å². The number of nitrogens with zero attached hydrogens (tertiary/aromatic N) is 1. The SMILES string of the molecule is Cc1noc(C)c1CCNC(=O)c1ccc(Cl)c(Cl)c1. The molecule has 4 nitrogen and oxygen atoms in total. The van der Waals surface area contributed by atoms with E-state index in [1.165, 1.54) is 0 Å². The van der Waals surface area contributed by atoms with Gasteiger partial charge in [0, 0.05) is 17.7 Å². The fourth-order valence-corrected chi connectivity index (χ4v) is 2.20. The summed E-state index contributed by atoms with van der Waals surface area (Å²) in [5.74, 6) is 0.599. The van der Waals surface area contributed by atoms with Crippen LogP contribution in [0.4, 0.5) is 0 Å². The molecule has 2 aromatic rings. The van der Waals surface area contributed by atoms with Crippen LogP contribution in [0.1, 0.15) is 27.4 Å². The van der Waals surface area contributed by atoms with Gasteiger partial charge in [0.1, 0.15) is 5.76 Å². The first-order valence-corrected chi connectivity index (χ1v) is 6.89. The highest BCUT2D eigenvalue weighted by molar-refractivity contribution is 6.42. The summed E-state index contributed by atoms with van der Waals surface area (Å²) in [6.07, 6.45) is 0.675. The zero-order valence-corrected chi connectivity index (χ0v) is 12.7. The summed E-state index contributed by atoms with van der Waals surface area (Å²) in [7, 11) is 0. The number of halogens is 2. The summed E-state index contributed by atoms with van der Waals surface area (Å²) in [5.41, 5.74) is 2.36. The van der Waals surface area contributed by atoms with E-state index in [4.69, 9.17) is 27.7 Å². The van der Waals surface area contributed by atoms with Crippen LogP contribution in [0.5, 0.6) is 0 Å². The van der Waals surface area contributed by atoms with Crippen molar-refractivity contribution >= 4 is 29.1 Å². The van der Waals surface area contributed by atoms with Crippen molar-refractivity contribution in [3.63, 3.8) is 0 Å². The molecule has 0 spiro atoms. The standard InChI is InChI=1S/C14H14Cl2N2O2/c1-8-11(9(2)20-18-8)5-6-17-14(19)10-3-4-12(15)13(16)7-10/h3-4,7H,5-6H2,1-2H3,(H,17,19). The molecule has 106 valence electrons. The normalized spacial score (nSPS) is 10.6. The third kappa shape index (κ3) is 3.32. The quantitative estimate of drug-likeness (QED) is 0.939. The fourth-order valence-electron chi connectivity index (χ4n) is 1.90. The van der Waals surface area contributed by atoms with Crippen LogP contribution in [0, 0.1) is 13.8 Å². The number of amides is 1. The van der Waals surface area contributed by atoms with Crippen LogP contribution in [0.2, 0.25) is 10.0 Å². The molecular weight excluding hydrogens is 299 g/mol.